The second-order valence-corrected chi connectivity index (χ2v) is 5.74. The highest BCUT2D eigenvalue weighted by Crippen LogP contribution is 2.37. The van der Waals surface area contributed by atoms with Gasteiger partial charge in [0.05, 0.1) is 11.6 Å². The molecule has 0 bridgehead atoms. The second kappa shape index (κ2) is 5.14. The van der Waals surface area contributed by atoms with Crippen LogP contribution in [0.5, 0.6) is 0 Å². The Bertz CT molecular complexity index is 710. The molecule has 5 heteroatoms. The number of carbonyl (C=O) groups is 1. The van der Waals surface area contributed by atoms with Crippen molar-refractivity contribution >= 4 is 27.5 Å². The molecule has 1 fully saturated rings. The van der Waals surface area contributed by atoms with Crippen LogP contribution in [-0.2, 0) is 0 Å². The summed E-state index contributed by atoms with van der Waals surface area (Å²) in [6, 6.07) is 11.2. The van der Waals surface area contributed by atoms with Crippen molar-refractivity contribution in [3.8, 4) is 6.07 Å². The van der Waals surface area contributed by atoms with Crippen LogP contribution in [0.1, 0.15) is 34.9 Å². The lowest BCUT2D eigenvalue weighted by atomic mass is 10.2. The molecule has 1 aliphatic rings. The normalized spacial score (nSPS) is 13.8. The van der Waals surface area contributed by atoms with Gasteiger partial charge in [-0.15, -0.1) is 0 Å². The van der Waals surface area contributed by atoms with Crippen LogP contribution in [0.4, 0.5) is 5.69 Å². The number of hydrogen-bond acceptors (Lipinski definition) is 2. The first-order chi connectivity index (χ1) is 9.67. The molecule has 4 nitrogen and oxygen atoms in total. The number of aromatic nitrogens is 1. The van der Waals surface area contributed by atoms with Crippen molar-refractivity contribution in [2.24, 2.45) is 0 Å². The van der Waals surface area contributed by atoms with Gasteiger partial charge in [0.2, 0.25) is 0 Å². The molecular formula is C15H12BrN3O. The van der Waals surface area contributed by atoms with Crippen molar-refractivity contribution in [2.75, 3.05) is 5.32 Å². The van der Waals surface area contributed by atoms with E-state index in [4.69, 9.17) is 5.26 Å². The fraction of sp³-hybridized carbons (Fsp3) is 0.200. The number of rotatable bonds is 3. The van der Waals surface area contributed by atoms with Crippen LogP contribution in [0.25, 0.3) is 0 Å². The van der Waals surface area contributed by atoms with E-state index in [-0.39, 0.29) is 5.91 Å². The zero-order chi connectivity index (χ0) is 14.1. The van der Waals surface area contributed by atoms with E-state index in [1.54, 1.807) is 24.3 Å². The Morgan fingerprint density at radius 3 is 2.90 bits per heavy atom. The van der Waals surface area contributed by atoms with E-state index in [1.165, 1.54) is 0 Å². The van der Waals surface area contributed by atoms with Crippen LogP contribution >= 0.6 is 15.9 Å². The third kappa shape index (κ3) is 2.61. The van der Waals surface area contributed by atoms with E-state index in [1.807, 2.05) is 16.8 Å². The zero-order valence-electron chi connectivity index (χ0n) is 10.6. The highest BCUT2D eigenvalue weighted by atomic mass is 79.9. The van der Waals surface area contributed by atoms with Gasteiger partial charge in [-0.05, 0) is 53.0 Å². The molecule has 20 heavy (non-hydrogen) atoms. The molecule has 1 aromatic heterocycles. The fourth-order valence-electron chi connectivity index (χ4n) is 2.14. The number of amides is 1. The Balaban J connectivity index is 1.84. The number of benzene rings is 1. The molecule has 0 saturated heterocycles. The molecule has 1 saturated carbocycles. The van der Waals surface area contributed by atoms with Crippen molar-refractivity contribution in [3.05, 3.63) is 52.3 Å². The van der Waals surface area contributed by atoms with Gasteiger partial charge in [0.25, 0.3) is 5.91 Å². The number of nitrogens with one attached hydrogen (secondary N) is 1. The van der Waals surface area contributed by atoms with Crippen LogP contribution in [0.2, 0.25) is 0 Å². The second-order valence-electron chi connectivity index (χ2n) is 4.83. The summed E-state index contributed by atoms with van der Waals surface area (Å²) in [4.78, 5) is 12.3. The number of anilines is 1. The van der Waals surface area contributed by atoms with Gasteiger partial charge in [-0.2, -0.15) is 5.26 Å². The number of nitrogens with zero attached hydrogens (tertiary/aromatic N) is 2. The van der Waals surface area contributed by atoms with Gasteiger partial charge in [-0.3, -0.25) is 4.79 Å². The molecule has 1 aromatic carbocycles. The first kappa shape index (κ1) is 12.9. The Kier molecular flexibility index (Phi) is 3.33. The van der Waals surface area contributed by atoms with E-state index in [9.17, 15) is 4.79 Å². The minimum atomic E-state index is -0.155. The predicted octanol–water partition coefficient (Wildman–Crippen LogP) is 3.71. The van der Waals surface area contributed by atoms with Gasteiger partial charge in [0.15, 0.2) is 0 Å². The fourth-order valence-corrected chi connectivity index (χ4v) is 2.58. The van der Waals surface area contributed by atoms with E-state index in [0.717, 1.165) is 17.3 Å². The summed E-state index contributed by atoms with van der Waals surface area (Å²) in [5.41, 5.74) is 1.80. The molecule has 0 spiro atoms. The van der Waals surface area contributed by atoms with Gasteiger partial charge >= 0.3 is 0 Å². The van der Waals surface area contributed by atoms with Crippen LogP contribution in [-0.4, -0.2) is 10.5 Å². The Morgan fingerprint density at radius 1 is 1.40 bits per heavy atom. The molecule has 3 rings (SSSR count). The lowest BCUT2D eigenvalue weighted by molar-refractivity contribution is 0.101. The third-order valence-electron chi connectivity index (χ3n) is 3.24. The lowest BCUT2D eigenvalue weighted by Crippen LogP contribution is -2.16. The van der Waals surface area contributed by atoms with Crippen LogP contribution in [0, 0.1) is 11.3 Å². The highest BCUT2D eigenvalue weighted by molar-refractivity contribution is 9.10. The maximum absolute atomic E-state index is 12.3. The summed E-state index contributed by atoms with van der Waals surface area (Å²) in [6.07, 6.45) is 4.18. The largest absolute Gasteiger partial charge is 0.339 e. The Hall–Kier alpha value is -2.06. The van der Waals surface area contributed by atoms with E-state index in [0.29, 0.717) is 23.0 Å². The summed E-state index contributed by atoms with van der Waals surface area (Å²) >= 11 is 3.41. The summed E-state index contributed by atoms with van der Waals surface area (Å²) in [5.74, 6) is -0.155. The van der Waals surface area contributed by atoms with Crippen molar-refractivity contribution in [2.45, 2.75) is 18.9 Å². The maximum atomic E-state index is 12.3. The standard InChI is InChI=1S/C15H12BrN3O/c16-11-7-14(19(9-11)13-4-5-13)15(20)18-12-3-1-2-10(6-12)8-17/h1-3,6-7,9,13H,4-5H2,(H,18,20). The van der Waals surface area contributed by atoms with E-state index >= 15 is 0 Å². The molecule has 1 N–H and O–H groups in total. The minimum absolute atomic E-state index is 0.155. The van der Waals surface area contributed by atoms with Crippen molar-refractivity contribution in [3.63, 3.8) is 0 Å². The third-order valence-corrected chi connectivity index (χ3v) is 3.67. The first-order valence-corrected chi connectivity index (χ1v) is 7.15. The predicted molar refractivity (Wildman–Crippen MR) is 79.5 cm³/mol. The van der Waals surface area contributed by atoms with Crippen LogP contribution in [0.15, 0.2) is 41.0 Å². The molecule has 1 heterocycles. The molecule has 0 radical (unpaired) electrons. The molecule has 1 amide bonds. The first-order valence-electron chi connectivity index (χ1n) is 6.36. The number of carbonyl (C=O) groups excluding carboxylic acids is 1. The van der Waals surface area contributed by atoms with E-state index < -0.39 is 0 Å². The maximum Gasteiger partial charge on any atom is 0.272 e. The summed E-state index contributed by atoms with van der Waals surface area (Å²) < 4.78 is 2.91. The monoisotopic (exact) mass is 329 g/mol. The summed E-state index contributed by atoms with van der Waals surface area (Å²) in [5, 5.41) is 11.7. The molecule has 0 unspecified atom stereocenters. The summed E-state index contributed by atoms with van der Waals surface area (Å²) in [6.45, 7) is 0. The van der Waals surface area contributed by atoms with Gasteiger partial charge < -0.3 is 9.88 Å². The van der Waals surface area contributed by atoms with Crippen molar-refractivity contribution < 1.29 is 4.79 Å². The quantitative estimate of drug-likeness (QED) is 0.933. The average molecular weight is 330 g/mol. The molecule has 0 aliphatic heterocycles. The molecule has 2 aromatic rings. The number of halogens is 1. The van der Waals surface area contributed by atoms with Crippen LogP contribution < -0.4 is 5.32 Å². The van der Waals surface area contributed by atoms with Gasteiger partial charge in [0.1, 0.15) is 5.69 Å². The smallest absolute Gasteiger partial charge is 0.272 e. The average Bonchev–Trinajstić information content (AvgIpc) is 3.21. The van der Waals surface area contributed by atoms with Gasteiger partial charge in [0, 0.05) is 22.4 Å². The lowest BCUT2D eigenvalue weighted by Gasteiger charge is -2.08. The number of nitriles is 1. The van der Waals surface area contributed by atoms with Crippen LogP contribution in [0.3, 0.4) is 0 Å². The van der Waals surface area contributed by atoms with Gasteiger partial charge in [-0.1, -0.05) is 6.07 Å². The Morgan fingerprint density at radius 2 is 2.20 bits per heavy atom. The molecule has 100 valence electrons. The highest BCUT2D eigenvalue weighted by Gasteiger charge is 2.27. The topological polar surface area (TPSA) is 57.8 Å². The Labute approximate surface area is 125 Å². The van der Waals surface area contributed by atoms with E-state index in [2.05, 4.69) is 27.3 Å². The van der Waals surface area contributed by atoms with Gasteiger partial charge in [-0.25, -0.2) is 0 Å². The van der Waals surface area contributed by atoms with Crippen molar-refractivity contribution in [1.82, 2.24) is 4.57 Å². The molecular weight excluding hydrogens is 318 g/mol. The number of hydrogen-bond donors (Lipinski definition) is 1. The SMILES string of the molecule is N#Cc1cccc(NC(=O)c2cc(Br)cn2C2CC2)c1. The van der Waals surface area contributed by atoms with Crippen molar-refractivity contribution in [1.29, 1.82) is 5.26 Å². The minimum Gasteiger partial charge on any atom is -0.339 e. The zero-order valence-corrected chi connectivity index (χ0v) is 12.2. The molecule has 0 atom stereocenters. The molecule has 1 aliphatic carbocycles. The summed E-state index contributed by atoms with van der Waals surface area (Å²) in [7, 11) is 0.